The average Bonchev–Trinajstić information content (AvgIpc) is 2.69. The number of hydrogen-bond donors (Lipinski definition) is 2. The van der Waals surface area contributed by atoms with E-state index in [9.17, 15) is 9.90 Å². The molecular weight excluding hydrogens is 328 g/mol. The number of rotatable bonds is 6. The minimum atomic E-state index is -1.27. The van der Waals surface area contributed by atoms with E-state index in [0.717, 1.165) is 16.3 Å². The van der Waals surface area contributed by atoms with E-state index in [1.807, 2.05) is 49.4 Å². The fourth-order valence-electron chi connectivity index (χ4n) is 2.70. The van der Waals surface area contributed by atoms with Crippen LogP contribution in [0.5, 0.6) is 5.75 Å². The molecule has 132 valence electrons. The number of amides is 1. The quantitative estimate of drug-likeness (QED) is 0.530. The Morgan fingerprint density at radius 3 is 2.62 bits per heavy atom. The first-order valence-electron chi connectivity index (χ1n) is 8.41. The van der Waals surface area contributed by atoms with E-state index >= 15 is 0 Å². The van der Waals surface area contributed by atoms with Crippen molar-refractivity contribution in [1.82, 2.24) is 5.43 Å². The molecule has 2 N–H and O–H groups in total. The monoisotopic (exact) mass is 348 g/mol. The number of nitrogens with zero attached hydrogens (tertiary/aromatic N) is 1. The van der Waals surface area contributed by atoms with Crippen molar-refractivity contribution in [2.45, 2.75) is 13.0 Å². The zero-order chi connectivity index (χ0) is 18.4. The molecule has 0 fully saturated rings. The van der Waals surface area contributed by atoms with Crippen LogP contribution in [-0.2, 0) is 4.79 Å². The van der Waals surface area contributed by atoms with Crippen molar-refractivity contribution >= 4 is 22.9 Å². The van der Waals surface area contributed by atoms with Gasteiger partial charge in [-0.2, -0.15) is 5.10 Å². The van der Waals surface area contributed by atoms with Gasteiger partial charge in [-0.25, -0.2) is 5.43 Å². The molecule has 3 aromatic rings. The van der Waals surface area contributed by atoms with Gasteiger partial charge in [0.05, 0.1) is 12.8 Å². The van der Waals surface area contributed by atoms with Crippen LogP contribution in [0, 0.1) is 0 Å². The molecule has 5 nitrogen and oxygen atoms in total. The molecule has 1 atom stereocenters. The third-order valence-corrected chi connectivity index (χ3v) is 3.96. The highest BCUT2D eigenvalue weighted by molar-refractivity contribution is 6.02. The molecule has 0 aromatic heterocycles. The van der Waals surface area contributed by atoms with Gasteiger partial charge in [-0.3, -0.25) is 4.79 Å². The first-order chi connectivity index (χ1) is 12.7. The minimum absolute atomic E-state index is 0.514. The van der Waals surface area contributed by atoms with Crippen molar-refractivity contribution < 1.29 is 14.6 Å². The van der Waals surface area contributed by atoms with Crippen LogP contribution in [0.1, 0.15) is 24.2 Å². The highest BCUT2D eigenvalue weighted by Crippen LogP contribution is 2.26. The van der Waals surface area contributed by atoms with E-state index in [-0.39, 0.29) is 0 Å². The Morgan fingerprint density at radius 2 is 1.85 bits per heavy atom. The molecule has 0 aliphatic heterocycles. The summed E-state index contributed by atoms with van der Waals surface area (Å²) in [5.74, 6) is 0.0958. The number of aliphatic hydroxyl groups is 1. The standard InChI is InChI=1S/C21H20N2O3/c1-2-26-19-13-12-15-8-6-7-11-17(15)18(19)14-22-23-21(25)20(24)16-9-4-3-5-10-16/h3-14,20,24H,2H2,1H3,(H,23,25)/b22-14-/t20-/m1/s1. The second kappa shape index (κ2) is 8.27. The summed E-state index contributed by atoms with van der Waals surface area (Å²) in [6, 6.07) is 20.5. The van der Waals surface area contributed by atoms with Crippen LogP contribution in [0.3, 0.4) is 0 Å². The number of hydrogen-bond acceptors (Lipinski definition) is 4. The maximum atomic E-state index is 12.1. The Morgan fingerprint density at radius 1 is 1.12 bits per heavy atom. The summed E-state index contributed by atoms with van der Waals surface area (Å²) in [7, 11) is 0. The van der Waals surface area contributed by atoms with E-state index in [4.69, 9.17) is 4.74 Å². The summed E-state index contributed by atoms with van der Waals surface area (Å²) < 4.78 is 5.67. The lowest BCUT2D eigenvalue weighted by Gasteiger charge is -2.11. The maximum Gasteiger partial charge on any atom is 0.273 e. The molecule has 0 aliphatic rings. The molecule has 0 unspecified atom stereocenters. The summed E-state index contributed by atoms with van der Waals surface area (Å²) in [6.07, 6.45) is 0.273. The summed E-state index contributed by atoms with van der Waals surface area (Å²) in [4.78, 5) is 12.1. The van der Waals surface area contributed by atoms with Gasteiger partial charge in [-0.1, -0.05) is 60.7 Å². The molecule has 0 aliphatic carbocycles. The number of hydrazone groups is 1. The van der Waals surface area contributed by atoms with Gasteiger partial charge in [0.1, 0.15) is 5.75 Å². The molecule has 3 rings (SSSR count). The van der Waals surface area contributed by atoms with Crippen LogP contribution < -0.4 is 10.2 Å². The van der Waals surface area contributed by atoms with Crippen molar-refractivity contribution in [2.75, 3.05) is 6.61 Å². The van der Waals surface area contributed by atoms with Crippen LogP contribution in [0.15, 0.2) is 71.8 Å². The predicted octanol–water partition coefficient (Wildman–Crippen LogP) is 3.42. The Balaban J connectivity index is 1.81. The summed E-state index contributed by atoms with van der Waals surface area (Å²) in [5, 5.41) is 16.1. The Bertz CT molecular complexity index is 923. The van der Waals surface area contributed by atoms with Crippen molar-refractivity contribution in [3.05, 3.63) is 77.9 Å². The molecular formula is C21H20N2O3. The zero-order valence-corrected chi connectivity index (χ0v) is 14.4. The number of nitrogens with one attached hydrogen (secondary N) is 1. The predicted molar refractivity (Wildman–Crippen MR) is 102 cm³/mol. The van der Waals surface area contributed by atoms with Gasteiger partial charge >= 0.3 is 0 Å². The van der Waals surface area contributed by atoms with Crippen LogP contribution in [0.2, 0.25) is 0 Å². The van der Waals surface area contributed by atoms with E-state index in [2.05, 4.69) is 10.5 Å². The molecule has 26 heavy (non-hydrogen) atoms. The zero-order valence-electron chi connectivity index (χ0n) is 14.4. The fraction of sp³-hybridized carbons (Fsp3) is 0.143. The van der Waals surface area contributed by atoms with Crippen LogP contribution in [0.4, 0.5) is 0 Å². The average molecular weight is 348 g/mol. The normalized spacial score (nSPS) is 12.2. The van der Waals surface area contributed by atoms with Gasteiger partial charge < -0.3 is 9.84 Å². The molecule has 0 radical (unpaired) electrons. The smallest absolute Gasteiger partial charge is 0.273 e. The molecule has 3 aromatic carbocycles. The fourth-order valence-corrected chi connectivity index (χ4v) is 2.70. The van der Waals surface area contributed by atoms with Crippen molar-refractivity contribution in [1.29, 1.82) is 0 Å². The molecule has 0 spiro atoms. The van der Waals surface area contributed by atoms with Gasteiger partial charge in [0.15, 0.2) is 6.10 Å². The minimum Gasteiger partial charge on any atom is -0.493 e. The first-order valence-corrected chi connectivity index (χ1v) is 8.41. The maximum absolute atomic E-state index is 12.1. The van der Waals surface area contributed by atoms with Gasteiger partial charge in [0, 0.05) is 5.56 Å². The van der Waals surface area contributed by atoms with Gasteiger partial charge in [0.2, 0.25) is 0 Å². The highest BCUT2D eigenvalue weighted by atomic mass is 16.5. The van der Waals surface area contributed by atoms with Gasteiger partial charge in [-0.05, 0) is 29.3 Å². The van der Waals surface area contributed by atoms with E-state index in [1.165, 1.54) is 0 Å². The van der Waals surface area contributed by atoms with Crippen LogP contribution >= 0.6 is 0 Å². The first kappa shape index (κ1) is 17.6. The van der Waals surface area contributed by atoms with Crippen LogP contribution in [0.25, 0.3) is 10.8 Å². The van der Waals surface area contributed by atoms with E-state index in [0.29, 0.717) is 17.9 Å². The van der Waals surface area contributed by atoms with Gasteiger partial charge in [0.25, 0.3) is 5.91 Å². The molecule has 0 saturated carbocycles. The van der Waals surface area contributed by atoms with Crippen LogP contribution in [-0.4, -0.2) is 23.8 Å². The van der Waals surface area contributed by atoms with Crippen molar-refractivity contribution in [3.63, 3.8) is 0 Å². The van der Waals surface area contributed by atoms with Crippen molar-refractivity contribution in [2.24, 2.45) is 5.10 Å². The van der Waals surface area contributed by atoms with E-state index in [1.54, 1.807) is 30.5 Å². The Kier molecular flexibility index (Phi) is 5.61. The second-order valence-electron chi connectivity index (χ2n) is 5.68. The second-order valence-corrected chi connectivity index (χ2v) is 5.68. The SMILES string of the molecule is CCOc1ccc2ccccc2c1/C=N\NC(=O)[C@H](O)c1ccccc1. The summed E-state index contributed by atoms with van der Waals surface area (Å²) in [5.41, 5.74) is 3.68. The number of benzene rings is 3. The number of carbonyl (C=O) groups is 1. The van der Waals surface area contributed by atoms with Gasteiger partial charge in [-0.15, -0.1) is 0 Å². The molecule has 0 bridgehead atoms. The number of aliphatic hydroxyl groups excluding tert-OH is 1. The number of fused-ring (bicyclic) bond motifs is 1. The highest BCUT2D eigenvalue weighted by Gasteiger charge is 2.16. The molecule has 1 amide bonds. The lowest BCUT2D eigenvalue weighted by Crippen LogP contribution is -2.25. The number of ether oxygens (including phenoxy) is 1. The summed E-state index contributed by atoms with van der Waals surface area (Å²) in [6.45, 7) is 2.44. The third kappa shape index (κ3) is 3.90. The third-order valence-electron chi connectivity index (χ3n) is 3.96. The largest absolute Gasteiger partial charge is 0.493 e. The van der Waals surface area contributed by atoms with Crippen molar-refractivity contribution in [3.8, 4) is 5.75 Å². The topological polar surface area (TPSA) is 70.9 Å². The lowest BCUT2D eigenvalue weighted by molar-refractivity contribution is -0.129. The molecule has 5 heteroatoms. The Labute approximate surface area is 151 Å². The Hall–Kier alpha value is -3.18. The van der Waals surface area contributed by atoms with E-state index < -0.39 is 12.0 Å². The molecule has 0 saturated heterocycles. The number of carbonyl (C=O) groups excluding carboxylic acids is 1. The summed E-state index contributed by atoms with van der Waals surface area (Å²) >= 11 is 0. The lowest BCUT2D eigenvalue weighted by atomic mass is 10.0. The molecule has 0 heterocycles.